The van der Waals surface area contributed by atoms with Crippen molar-refractivity contribution in [2.45, 2.75) is 6.54 Å². The Morgan fingerprint density at radius 1 is 1.47 bits per heavy atom. The van der Waals surface area contributed by atoms with E-state index in [9.17, 15) is 4.79 Å². The number of nitrogens with two attached hydrogens (primary N) is 1. The Hall–Kier alpha value is -2.57. The summed E-state index contributed by atoms with van der Waals surface area (Å²) in [6.45, 7) is 1.01. The van der Waals surface area contributed by atoms with Crippen molar-refractivity contribution in [3.05, 3.63) is 36.7 Å². The maximum absolute atomic E-state index is 11.5. The van der Waals surface area contributed by atoms with Gasteiger partial charge in [-0.2, -0.15) is 0 Å². The zero-order valence-corrected chi connectivity index (χ0v) is 10.3. The van der Waals surface area contributed by atoms with Gasteiger partial charge in [-0.15, -0.1) is 5.10 Å². The molecule has 2 rings (SSSR count). The normalized spacial score (nSPS) is 10.1. The first-order chi connectivity index (χ1) is 9.24. The zero-order valence-electron chi connectivity index (χ0n) is 10.3. The number of anilines is 1. The molecule has 1 aromatic heterocycles. The molecule has 0 saturated carbocycles. The molecule has 0 fully saturated rings. The number of benzene rings is 1. The van der Waals surface area contributed by atoms with Gasteiger partial charge in [0.05, 0.1) is 12.7 Å². The van der Waals surface area contributed by atoms with E-state index in [1.165, 1.54) is 0 Å². The molecule has 1 amide bonds. The van der Waals surface area contributed by atoms with Gasteiger partial charge >= 0.3 is 0 Å². The second-order valence-corrected chi connectivity index (χ2v) is 3.88. The summed E-state index contributed by atoms with van der Waals surface area (Å²) < 4.78 is 6.95. The van der Waals surface area contributed by atoms with Gasteiger partial charge in [-0.3, -0.25) is 9.48 Å². The molecule has 0 atom stereocenters. The zero-order chi connectivity index (χ0) is 13.5. The van der Waals surface area contributed by atoms with Crippen LogP contribution in [-0.4, -0.2) is 34.1 Å². The second-order valence-electron chi connectivity index (χ2n) is 3.88. The van der Waals surface area contributed by atoms with Gasteiger partial charge < -0.3 is 15.8 Å². The number of hydrogen-bond acceptors (Lipinski definition) is 5. The largest absolute Gasteiger partial charge is 0.484 e. The summed E-state index contributed by atoms with van der Waals surface area (Å²) in [5, 5.41) is 10.2. The number of aromatic nitrogens is 3. The molecule has 1 aromatic carbocycles. The van der Waals surface area contributed by atoms with E-state index in [0.29, 0.717) is 24.5 Å². The van der Waals surface area contributed by atoms with Crippen molar-refractivity contribution in [3.8, 4) is 5.75 Å². The molecule has 2 aromatic rings. The molecule has 19 heavy (non-hydrogen) atoms. The summed E-state index contributed by atoms with van der Waals surface area (Å²) in [4.78, 5) is 11.5. The van der Waals surface area contributed by atoms with Crippen LogP contribution >= 0.6 is 0 Å². The Morgan fingerprint density at radius 2 is 2.37 bits per heavy atom. The fraction of sp³-hybridized carbons (Fsp3) is 0.250. The maximum atomic E-state index is 11.5. The van der Waals surface area contributed by atoms with Gasteiger partial charge in [0.15, 0.2) is 6.61 Å². The van der Waals surface area contributed by atoms with Crippen LogP contribution in [0.25, 0.3) is 0 Å². The first kappa shape index (κ1) is 12.9. The summed E-state index contributed by atoms with van der Waals surface area (Å²) in [5.41, 5.74) is 6.20. The highest BCUT2D eigenvalue weighted by Crippen LogP contribution is 2.13. The van der Waals surface area contributed by atoms with E-state index in [4.69, 9.17) is 10.5 Å². The molecular formula is C12H15N5O2. The van der Waals surface area contributed by atoms with Crippen molar-refractivity contribution in [1.29, 1.82) is 0 Å². The lowest BCUT2D eigenvalue weighted by Crippen LogP contribution is -2.31. The SMILES string of the molecule is Nc1cccc(OCC(=O)NCCn2ccnn2)c1. The third kappa shape index (κ3) is 4.30. The van der Waals surface area contributed by atoms with Crippen LogP contribution in [0.4, 0.5) is 5.69 Å². The lowest BCUT2D eigenvalue weighted by molar-refractivity contribution is -0.123. The maximum Gasteiger partial charge on any atom is 0.258 e. The van der Waals surface area contributed by atoms with Crippen LogP contribution < -0.4 is 15.8 Å². The van der Waals surface area contributed by atoms with Crippen molar-refractivity contribution in [1.82, 2.24) is 20.3 Å². The summed E-state index contributed by atoms with van der Waals surface area (Å²) in [5.74, 6) is 0.383. The predicted octanol–water partition coefficient (Wildman–Crippen LogP) is 0.0555. The fourth-order valence-corrected chi connectivity index (χ4v) is 1.47. The van der Waals surface area contributed by atoms with E-state index in [-0.39, 0.29) is 12.5 Å². The number of nitrogens with zero attached hydrogens (tertiary/aromatic N) is 3. The molecule has 0 unspecified atom stereocenters. The molecule has 0 spiro atoms. The van der Waals surface area contributed by atoms with E-state index in [1.54, 1.807) is 41.3 Å². The molecule has 0 aliphatic carbocycles. The quantitative estimate of drug-likeness (QED) is 0.717. The molecule has 0 radical (unpaired) electrons. The van der Waals surface area contributed by atoms with E-state index in [0.717, 1.165) is 0 Å². The van der Waals surface area contributed by atoms with Crippen LogP contribution in [0.2, 0.25) is 0 Å². The van der Waals surface area contributed by atoms with Crippen molar-refractivity contribution in [3.63, 3.8) is 0 Å². The topological polar surface area (TPSA) is 95.1 Å². The minimum Gasteiger partial charge on any atom is -0.484 e. The first-order valence-electron chi connectivity index (χ1n) is 5.83. The molecule has 3 N–H and O–H groups in total. The Morgan fingerprint density at radius 3 is 3.11 bits per heavy atom. The van der Waals surface area contributed by atoms with Crippen LogP contribution in [0.1, 0.15) is 0 Å². The van der Waals surface area contributed by atoms with E-state index in [1.807, 2.05) is 0 Å². The lowest BCUT2D eigenvalue weighted by Gasteiger charge is -2.07. The number of rotatable bonds is 6. The molecule has 0 saturated heterocycles. The van der Waals surface area contributed by atoms with Crippen LogP contribution in [0, 0.1) is 0 Å². The van der Waals surface area contributed by atoms with Crippen LogP contribution in [0.5, 0.6) is 5.75 Å². The Kier molecular flexibility index (Phi) is 4.33. The molecule has 7 heteroatoms. The van der Waals surface area contributed by atoms with Crippen molar-refractivity contribution in [2.24, 2.45) is 0 Å². The lowest BCUT2D eigenvalue weighted by atomic mass is 10.3. The summed E-state index contributed by atoms with van der Waals surface area (Å²) in [7, 11) is 0. The molecule has 100 valence electrons. The van der Waals surface area contributed by atoms with Crippen LogP contribution in [0.15, 0.2) is 36.7 Å². The number of hydrogen-bond donors (Lipinski definition) is 2. The third-order valence-corrected chi connectivity index (χ3v) is 2.36. The Labute approximate surface area is 110 Å². The fourth-order valence-electron chi connectivity index (χ4n) is 1.47. The predicted molar refractivity (Wildman–Crippen MR) is 69.4 cm³/mol. The second kappa shape index (κ2) is 6.39. The highest BCUT2D eigenvalue weighted by Gasteiger charge is 2.02. The van der Waals surface area contributed by atoms with Gasteiger partial charge in [0.25, 0.3) is 5.91 Å². The number of ether oxygens (including phenoxy) is 1. The standard InChI is InChI=1S/C12H15N5O2/c13-10-2-1-3-11(8-10)19-9-12(18)14-4-6-17-7-5-15-16-17/h1-3,5,7-8H,4,6,9,13H2,(H,14,18). The molecule has 0 bridgehead atoms. The van der Waals surface area contributed by atoms with Crippen LogP contribution in [-0.2, 0) is 11.3 Å². The molecule has 1 heterocycles. The third-order valence-electron chi connectivity index (χ3n) is 2.36. The monoisotopic (exact) mass is 261 g/mol. The number of nitrogens with one attached hydrogen (secondary N) is 1. The summed E-state index contributed by atoms with van der Waals surface area (Å²) in [6, 6.07) is 6.94. The smallest absolute Gasteiger partial charge is 0.258 e. The van der Waals surface area contributed by atoms with E-state index < -0.39 is 0 Å². The number of nitrogen functional groups attached to an aromatic ring is 1. The molecule has 0 aliphatic heterocycles. The average Bonchev–Trinajstić information content (AvgIpc) is 2.90. The number of carbonyl (C=O) groups is 1. The van der Waals surface area contributed by atoms with Crippen LogP contribution in [0.3, 0.4) is 0 Å². The molecular weight excluding hydrogens is 246 g/mol. The summed E-state index contributed by atoms with van der Waals surface area (Å²) in [6.07, 6.45) is 3.32. The Bertz CT molecular complexity index is 527. The van der Waals surface area contributed by atoms with Gasteiger partial charge in [-0.05, 0) is 12.1 Å². The Balaban J connectivity index is 1.67. The van der Waals surface area contributed by atoms with Gasteiger partial charge in [0.1, 0.15) is 5.75 Å². The van der Waals surface area contributed by atoms with Gasteiger partial charge in [0, 0.05) is 24.5 Å². The molecule has 7 nitrogen and oxygen atoms in total. The van der Waals surface area contributed by atoms with Gasteiger partial charge in [-0.25, -0.2) is 0 Å². The molecule has 0 aliphatic rings. The highest BCUT2D eigenvalue weighted by atomic mass is 16.5. The minimum absolute atomic E-state index is 0.0409. The highest BCUT2D eigenvalue weighted by molar-refractivity contribution is 5.77. The number of amides is 1. The van der Waals surface area contributed by atoms with Crippen molar-refractivity contribution < 1.29 is 9.53 Å². The van der Waals surface area contributed by atoms with Gasteiger partial charge in [-0.1, -0.05) is 11.3 Å². The van der Waals surface area contributed by atoms with Crippen molar-refractivity contribution >= 4 is 11.6 Å². The van der Waals surface area contributed by atoms with E-state index >= 15 is 0 Å². The average molecular weight is 261 g/mol. The minimum atomic E-state index is -0.192. The van der Waals surface area contributed by atoms with Crippen molar-refractivity contribution in [2.75, 3.05) is 18.9 Å². The van der Waals surface area contributed by atoms with Gasteiger partial charge in [0.2, 0.25) is 0 Å². The van der Waals surface area contributed by atoms with E-state index in [2.05, 4.69) is 15.6 Å². The first-order valence-corrected chi connectivity index (χ1v) is 5.83. The number of carbonyl (C=O) groups excluding carboxylic acids is 1. The summed E-state index contributed by atoms with van der Waals surface area (Å²) >= 11 is 0.